The van der Waals surface area contributed by atoms with Gasteiger partial charge in [-0.3, -0.25) is 0 Å². The van der Waals surface area contributed by atoms with Crippen molar-refractivity contribution >= 4 is 0 Å². The van der Waals surface area contributed by atoms with Gasteiger partial charge in [0.15, 0.2) is 0 Å². The van der Waals surface area contributed by atoms with Gasteiger partial charge in [-0.2, -0.15) is 0 Å². The maximum Gasteiger partial charge on any atom is 0.0198 e. The Hall–Kier alpha value is -0.0800. The third-order valence-electron chi connectivity index (χ3n) is 5.44. The van der Waals surface area contributed by atoms with Crippen LogP contribution < -0.4 is 5.32 Å². The van der Waals surface area contributed by atoms with E-state index in [0.29, 0.717) is 0 Å². The molecule has 0 amide bonds. The lowest BCUT2D eigenvalue weighted by Crippen LogP contribution is -2.35. The van der Waals surface area contributed by atoms with Crippen LogP contribution in [-0.2, 0) is 0 Å². The topological polar surface area (TPSA) is 15.3 Å². The van der Waals surface area contributed by atoms with Gasteiger partial charge in [0, 0.05) is 18.6 Å². The molecule has 0 radical (unpaired) electrons. The first-order valence-electron chi connectivity index (χ1n) is 9.87. The number of fused-ring (bicyclic) bond motifs is 2. The third-order valence-corrected chi connectivity index (χ3v) is 5.44. The zero-order chi connectivity index (χ0) is 14.8. The van der Waals surface area contributed by atoms with Crippen LogP contribution in [0.5, 0.6) is 0 Å². The van der Waals surface area contributed by atoms with Gasteiger partial charge in [-0.15, -0.1) is 0 Å². The fraction of sp³-hybridized carbons (Fsp3) is 1.00. The van der Waals surface area contributed by atoms with Crippen molar-refractivity contribution in [2.45, 2.75) is 102 Å². The molecule has 2 saturated heterocycles. The van der Waals surface area contributed by atoms with Gasteiger partial charge in [-0.05, 0) is 38.8 Å². The van der Waals surface area contributed by atoms with Crippen LogP contribution in [0.3, 0.4) is 0 Å². The van der Waals surface area contributed by atoms with Gasteiger partial charge in [-0.25, -0.2) is 0 Å². The van der Waals surface area contributed by atoms with E-state index >= 15 is 0 Å². The number of rotatable bonds is 11. The molecular formula is C19H38N2. The van der Waals surface area contributed by atoms with Crippen LogP contribution in [0.4, 0.5) is 0 Å². The van der Waals surface area contributed by atoms with Gasteiger partial charge in [0.05, 0.1) is 0 Å². The van der Waals surface area contributed by atoms with Crippen molar-refractivity contribution in [3.8, 4) is 0 Å². The van der Waals surface area contributed by atoms with Gasteiger partial charge in [0.25, 0.3) is 0 Å². The second-order valence-electron chi connectivity index (χ2n) is 7.41. The van der Waals surface area contributed by atoms with Crippen molar-refractivity contribution in [2.24, 2.45) is 0 Å². The van der Waals surface area contributed by atoms with E-state index in [1.807, 2.05) is 0 Å². The maximum atomic E-state index is 3.78. The second kappa shape index (κ2) is 10.6. The summed E-state index contributed by atoms with van der Waals surface area (Å²) in [7, 11) is 0. The van der Waals surface area contributed by atoms with Crippen molar-refractivity contribution in [3.63, 3.8) is 0 Å². The van der Waals surface area contributed by atoms with Gasteiger partial charge in [0.2, 0.25) is 0 Å². The Bertz CT molecular complexity index is 254. The normalized spacial score (nSPS) is 26.1. The summed E-state index contributed by atoms with van der Waals surface area (Å²) in [5, 5.41) is 3.78. The molecule has 21 heavy (non-hydrogen) atoms. The lowest BCUT2D eigenvalue weighted by Gasteiger charge is -2.23. The highest BCUT2D eigenvalue weighted by atomic mass is 15.2. The predicted octanol–water partition coefficient (Wildman–Crippen LogP) is 4.73. The summed E-state index contributed by atoms with van der Waals surface area (Å²) in [5.41, 5.74) is 0. The largest absolute Gasteiger partial charge is 0.310 e. The first-order chi connectivity index (χ1) is 10.4. The zero-order valence-electron chi connectivity index (χ0n) is 14.4. The summed E-state index contributed by atoms with van der Waals surface area (Å²) in [5.74, 6) is 0. The number of hydrogen-bond acceptors (Lipinski definition) is 2. The summed E-state index contributed by atoms with van der Waals surface area (Å²) < 4.78 is 0. The summed E-state index contributed by atoms with van der Waals surface area (Å²) in [6.07, 6.45) is 18.7. The lowest BCUT2D eigenvalue weighted by molar-refractivity contribution is 0.253. The van der Waals surface area contributed by atoms with E-state index in [-0.39, 0.29) is 0 Å². The molecule has 0 aromatic rings. The Kier molecular flexibility index (Phi) is 8.73. The van der Waals surface area contributed by atoms with Crippen LogP contribution >= 0.6 is 0 Å². The average Bonchev–Trinajstić information content (AvgIpc) is 2.82. The molecule has 0 saturated carbocycles. The summed E-state index contributed by atoms with van der Waals surface area (Å²) in [6.45, 7) is 6.30. The average molecular weight is 295 g/mol. The van der Waals surface area contributed by atoms with Crippen molar-refractivity contribution in [1.29, 1.82) is 0 Å². The zero-order valence-corrected chi connectivity index (χ0v) is 14.4. The first kappa shape index (κ1) is 17.3. The minimum absolute atomic E-state index is 0.806. The van der Waals surface area contributed by atoms with Crippen molar-refractivity contribution in [3.05, 3.63) is 0 Å². The quantitative estimate of drug-likeness (QED) is 0.554. The van der Waals surface area contributed by atoms with E-state index in [4.69, 9.17) is 0 Å². The molecule has 2 bridgehead atoms. The molecule has 2 aliphatic heterocycles. The first-order valence-corrected chi connectivity index (χ1v) is 9.87. The highest BCUT2D eigenvalue weighted by Gasteiger charge is 2.28. The molecule has 2 rings (SSSR count). The molecule has 0 aliphatic carbocycles. The minimum Gasteiger partial charge on any atom is -0.310 e. The van der Waals surface area contributed by atoms with Gasteiger partial charge in [0.1, 0.15) is 0 Å². The van der Waals surface area contributed by atoms with Crippen LogP contribution in [0, 0.1) is 0 Å². The molecule has 0 spiro atoms. The Balaban J connectivity index is 1.38. The van der Waals surface area contributed by atoms with Crippen LogP contribution in [0.25, 0.3) is 0 Å². The molecule has 2 aliphatic rings. The number of unbranched alkanes of at least 4 members (excludes halogenated alkanes) is 9. The van der Waals surface area contributed by atoms with E-state index in [0.717, 1.165) is 12.1 Å². The van der Waals surface area contributed by atoms with Crippen LogP contribution in [0.2, 0.25) is 0 Å². The van der Waals surface area contributed by atoms with Crippen LogP contribution in [0.1, 0.15) is 90.4 Å². The second-order valence-corrected chi connectivity index (χ2v) is 7.41. The van der Waals surface area contributed by atoms with Crippen LogP contribution in [-0.4, -0.2) is 36.6 Å². The fourth-order valence-corrected chi connectivity index (χ4v) is 4.04. The molecule has 2 heteroatoms. The number of nitrogens with one attached hydrogen (secondary N) is 1. The minimum atomic E-state index is 0.806. The van der Waals surface area contributed by atoms with Gasteiger partial charge >= 0.3 is 0 Å². The standard InChI is InChI=1S/C19H38N2/c1-2-3-4-5-6-7-8-9-10-11-15-21-16-14-18-12-13-19(17-21)20-18/h18-20H,2-17H2,1H3. The lowest BCUT2D eigenvalue weighted by atomic mass is 10.1. The summed E-state index contributed by atoms with van der Waals surface area (Å²) in [4.78, 5) is 2.72. The SMILES string of the molecule is CCCCCCCCCCCCN1CCC2CCC(C1)N2. The van der Waals surface area contributed by atoms with Crippen molar-refractivity contribution in [1.82, 2.24) is 10.2 Å². The molecule has 124 valence electrons. The number of hydrogen-bond donors (Lipinski definition) is 1. The van der Waals surface area contributed by atoms with Gasteiger partial charge < -0.3 is 10.2 Å². The van der Waals surface area contributed by atoms with Crippen molar-refractivity contribution in [2.75, 3.05) is 19.6 Å². The van der Waals surface area contributed by atoms with Gasteiger partial charge in [-0.1, -0.05) is 64.7 Å². The Morgan fingerprint density at radius 3 is 2.10 bits per heavy atom. The molecule has 2 unspecified atom stereocenters. The van der Waals surface area contributed by atoms with E-state index in [1.54, 1.807) is 0 Å². The smallest absolute Gasteiger partial charge is 0.0198 e. The summed E-state index contributed by atoms with van der Waals surface area (Å²) >= 11 is 0. The predicted molar refractivity (Wildman–Crippen MR) is 92.8 cm³/mol. The maximum absolute atomic E-state index is 3.78. The molecule has 1 N–H and O–H groups in total. The Morgan fingerprint density at radius 1 is 0.762 bits per heavy atom. The highest BCUT2D eigenvalue weighted by Crippen LogP contribution is 2.20. The highest BCUT2D eigenvalue weighted by molar-refractivity contribution is 4.89. The fourth-order valence-electron chi connectivity index (χ4n) is 4.04. The van der Waals surface area contributed by atoms with E-state index in [2.05, 4.69) is 17.1 Å². The molecule has 0 aromatic heterocycles. The number of likely N-dealkylation sites (tertiary alicyclic amines) is 1. The van der Waals surface area contributed by atoms with E-state index < -0.39 is 0 Å². The Morgan fingerprint density at radius 2 is 1.38 bits per heavy atom. The molecule has 2 atom stereocenters. The van der Waals surface area contributed by atoms with E-state index in [9.17, 15) is 0 Å². The summed E-state index contributed by atoms with van der Waals surface area (Å²) in [6, 6.07) is 1.65. The monoisotopic (exact) mass is 294 g/mol. The molecule has 2 heterocycles. The molecule has 0 aromatic carbocycles. The molecule has 2 nitrogen and oxygen atoms in total. The Labute approximate surface area is 133 Å². The van der Waals surface area contributed by atoms with Crippen molar-refractivity contribution < 1.29 is 0 Å². The van der Waals surface area contributed by atoms with E-state index in [1.165, 1.54) is 103 Å². The number of nitrogens with zero attached hydrogens (tertiary/aromatic N) is 1. The third kappa shape index (κ3) is 7.15. The molecule has 2 fully saturated rings. The van der Waals surface area contributed by atoms with Crippen LogP contribution in [0.15, 0.2) is 0 Å². The molecular weight excluding hydrogens is 256 g/mol.